The summed E-state index contributed by atoms with van der Waals surface area (Å²) in [5.41, 5.74) is 4.96. The number of para-hydroxylation sites is 2. The lowest BCUT2D eigenvalue weighted by atomic mass is 10.1. The number of aromatic nitrogens is 2. The second-order valence-corrected chi connectivity index (χ2v) is 7.65. The number of hydrogen-bond acceptors (Lipinski definition) is 3. The van der Waals surface area contributed by atoms with Gasteiger partial charge in [0.25, 0.3) is 0 Å². The number of nitrogens with one attached hydrogen (secondary N) is 1. The lowest BCUT2D eigenvalue weighted by Crippen LogP contribution is -2.25. The zero-order valence-corrected chi connectivity index (χ0v) is 17.5. The van der Waals surface area contributed by atoms with Gasteiger partial charge in [0.15, 0.2) is 5.78 Å². The van der Waals surface area contributed by atoms with Gasteiger partial charge in [0, 0.05) is 24.9 Å². The summed E-state index contributed by atoms with van der Waals surface area (Å²) < 4.78 is 2.13. The monoisotopic (exact) mass is 411 g/mol. The highest BCUT2D eigenvalue weighted by Gasteiger charge is 2.13. The fourth-order valence-electron chi connectivity index (χ4n) is 3.57. The predicted molar refractivity (Wildman–Crippen MR) is 122 cm³/mol. The van der Waals surface area contributed by atoms with E-state index in [4.69, 9.17) is 4.98 Å². The van der Waals surface area contributed by atoms with Gasteiger partial charge in [-0.25, -0.2) is 4.98 Å². The van der Waals surface area contributed by atoms with E-state index in [1.165, 1.54) is 11.1 Å². The van der Waals surface area contributed by atoms with Crippen LogP contribution in [0.25, 0.3) is 11.0 Å². The highest BCUT2D eigenvalue weighted by molar-refractivity contribution is 5.97. The number of imidazole rings is 1. The molecule has 0 aliphatic carbocycles. The minimum Gasteiger partial charge on any atom is -0.349 e. The molecule has 0 aliphatic heterocycles. The standard InChI is InChI=1S/C26H25N3O2/c1-19-11-13-20(14-12-19)18-29-23-10-6-5-9-22(23)28-25(29)17-27-26(31)16-15-24(30)21-7-3-2-4-8-21/h2-14H,15-18H2,1H3,(H,27,31). The van der Waals surface area contributed by atoms with E-state index in [0.717, 1.165) is 16.9 Å². The van der Waals surface area contributed by atoms with Crippen LogP contribution in [0, 0.1) is 6.92 Å². The van der Waals surface area contributed by atoms with Crippen LogP contribution in [0.3, 0.4) is 0 Å². The van der Waals surface area contributed by atoms with Crippen LogP contribution in [-0.2, 0) is 17.9 Å². The van der Waals surface area contributed by atoms with Gasteiger partial charge in [0.1, 0.15) is 5.82 Å². The molecule has 31 heavy (non-hydrogen) atoms. The number of nitrogens with zero attached hydrogens (tertiary/aromatic N) is 2. The first-order chi connectivity index (χ1) is 15.1. The van der Waals surface area contributed by atoms with Crippen molar-refractivity contribution in [2.75, 3.05) is 0 Å². The highest BCUT2D eigenvalue weighted by Crippen LogP contribution is 2.18. The van der Waals surface area contributed by atoms with Gasteiger partial charge in [-0.05, 0) is 24.6 Å². The summed E-state index contributed by atoms with van der Waals surface area (Å²) in [5, 5.41) is 2.93. The number of amides is 1. The number of fused-ring (bicyclic) bond motifs is 1. The summed E-state index contributed by atoms with van der Waals surface area (Å²) in [5.74, 6) is 0.616. The quantitative estimate of drug-likeness (QED) is 0.429. The molecule has 3 aromatic carbocycles. The number of rotatable bonds is 8. The van der Waals surface area contributed by atoms with Gasteiger partial charge < -0.3 is 9.88 Å². The fraction of sp³-hybridized carbons (Fsp3) is 0.192. The lowest BCUT2D eigenvalue weighted by Gasteiger charge is -2.11. The normalized spacial score (nSPS) is 10.9. The number of hydrogen-bond donors (Lipinski definition) is 1. The molecule has 0 aliphatic rings. The zero-order valence-electron chi connectivity index (χ0n) is 17.5. The molecule has 0 saturated heterocycles. The highest BCUT2D eigenvalue weighted by atomic mass is 16.2. The van der Waals surface area contributed by atoms with E-state index in [1.807, 2.05) is 42.5 Å². The Balaban J connectivity index is 1.43. The van der Waals surface area contributed by atoms with Crippen LogP contribution >= 0.6 is 0 Å². The number of Topliss-reactive ketones (excluding diaryl/α,β-unsaturated/α-hetero) is 1. The average molecular weight is 412 g/mol. The maximum atomic E-state index is 12.4. The van der Waals surface area contributed by atoms with Crippen molar-refractivity contribution in [1.82, 2.24) is 14.9 Å². The molecule has 5 heteroatoms. The first-order valence-electron chi connectivity index (χ1n) is 10.4. The topological polar surface area (TPSA) is 64.0 Å². The molecule has 1 heterocycles. The molecule has 1 aromatic heterocycles. The van der Waals surface area contributed by atoms with Gasteiger partial charge >= 0.3 is 0 Å². The summed E-state index contributed by atoms with van der Waals surface area (Å²) in [7, 11) is 0. The molecule has 0 radical (unpaired) electrons. The molecular weight excluding hydrogens is 386 g/mol. The summed E-state index contributed by atoms with van der Waals surface area (Å²) >= 11 is 0. The predicted octanol–water partition coefficient (Wildman–Crippen LogP) is 4.67. The molecule has 1 amide bonds. The van der Waals surface area contributed by atoms with Crippen LogP contribution in [0.2, 0.25) is 0 Å². The van der Waals surface area contributed by atoms with Crippen molar-refractivity contribution < 1.29 is 9.59 Å². The molecule has 0 fully saturated rings. The first kappa shape index (κ1) is 20.5. The number of ketones is 1. The Morgan fingerprint density at radius 1 is 0.871 bits per heavy atom. The van der Waals surface area contributed by atoms with Gasteiger partial charge in [-0.3, -0.25) is 9.59 Å². The van der Waals surface area contributed by atoms with E-state index in [2.05, 4.69) is 41.1 Å². The third kappa shape index (κ3) is 5.07. The summed E-state index contributed by atoms with van der Waals surface area (Å²) in [6, 6.07) is 25.5. The molecule has 4 aromatic rings. The van der Waals surface area contributed by atoms with Crippen molar-refractivity contribution in [2.24, 2.45) is 0 Å². The lowest BCUT2D eigenvalue weighted by molar-refractivity contribution is -0.121. The SMILES string of the molecule is Cc1ccc(Cn2c(CNC(=O)CCC(=O)c3ccccc3)nc3ccccc32)cc1. The van der Waals surface area contributed by atoms with Crippen molar-refractivity contribution >= 4 is 22.7 Å². The third-order valence-corrected chi connectivity index (χ3v) is 5.31. The molecule has 0 atom stereocenters. The zero-order chi connectivity index (χ0) is 21.6. The Bertz CT molecular complexity index is 1190. The van der Waals surface area contributed by atoms with Crippen molar-refractivity contribution in [3.05, 3.63) is 101 Å². The first-order valence-corrected chi connectivity index (χ1v) is 10.4. The van der Waals surface area contributed by atoms with Gasteiger partial charge in [-0.1, -0.05) is 72.3 Å². The van der Waals surface area contributed by atoms with Crippen LogP contribution in [0.4, 0.5) is 0 Å². The second kappa shape index (κ2) is 9.39. The average Bonchev–Trinajstić information content (AvgIpc) is 3.15. The Hall–Kier alpha value is -3.73. The van der Waals surface area contributed by atoms with Crippen LogP contribution in [0.5, 0.6) is 0 Å². The van der Waals surface area contributed by atoms with Gasteiger partial charge in [-0.15, -0.1) is 0 Å². The van der Waals surface area contributed by atoms with Crippen LogP contribution in [0.1, 0.15) is 40.2 Å². The molecule has 4 rings (SSSR count). The van der Waals surface area contributed by atoms with E-state index in [9.17, 15) is 9.59 Å². The van der Waals surface area contributed by atoms with E-state index in [-0.39, 0.29) is 24.5 Å². The van der Waals surface area contributed by atoms with Crippen molar-refractivity contribution in [3.8, 4) is 0 Å². The number of benzene rings is 3. The molecule has 1 N–H and O–H groups in total. The molecular formula is C26H25N3O2. The van der Waals surface area contributed by atoms with E-state index >= 15 is 0 Å². The van der Waals surface area contributed by atoms with Crippen molar-refractivity contribution in [1.29, 1.82) is 0 Å². The maximum Gasteiger partial charge on any atom is 0.220 e. The molecule has 0 saturated carbocycles. The molecule has 0 bridgehead atoms. The molecule has 0 spiro atoms. The molecule has 156 valence electrons. The Morgan fingerprint density at radius 3 is 2.35 bits per heavy atom. The summed E-state index contributed by atoms with van der Waals surface area (Å²) in [6.45, 7) is 3.07. The third-order valence-electron chi connectivity index (χ3n) is 5.31. The van der Waals surface area contributed by atoms with Gasteiger partial charge in [-0.2, -0.15) is 0 Å². The van der Waals surface area contributed by atoms with Gasteiger partial charge in [0.05, 0.1) is 17.6 Å². The van der Waals surface area contributed by atoms with E-state index in [0.29, 0.717) is 18.7 Å². The Kier molecular flexibility index (Phi) is 6.22. The Labute approximate surface area is 181 Å². The van der Waals surface area contributed by atoms with Crippen molar-refractivity contribution in [3.63, 3.8) is 0 Å². The van der Waals surface area contributed by atoms with Crippen LogP contribution in [0.15, 0.2) is 78.9 Å². The number of carbonyl (C=O) groups is 2. The van der Waals surface area contributed by atoms with Gasteiger partial charge in [0.2, 0.25) is 5.91 Å². The second-order valence-electron chi connectivity index (χ2n) is 7.65. The largest absolute Gasteiger partial charge is 0.349 e. The summed E-state index contributed by atoms with van der Waals surface area (Å²) in [6.07, 6.45) is 0.349. The minimum atomic E-state index is -0.154. The Morgan fingerprint density at radius 2 is 1.58 bits per heavy atom. The number of aryl methyl sites for hydroxylation is 1. The molecule has 0 unspecified atom stereocenters. The smallest absolute Gasteiger partial charge is 0.220 e. The van der Waals surface area contributed by atoms with Crippen molar-refractivity contribution in [2.45, 2.75) is 32.9 Å². The molecule has 5 nitrogen and oxygen atoms in total. The number of carbonyl (C=O) groups excluding carboxylic acids is 2. The summed E-state index contributed by atoms with van der Waals surface area (Å²) in [4.78, 5) is 29.3. The van der Waals surface area contributed by atoms with Crippen LogP contribution < -0.4 is 5.32 Å². The maximum absolute atomic E-state index is 12.4. The fourth-order valence-corrected chi connectivity index (χ4v) is 3.57. The van der Waals surface area contributed by atoms with Crippen LogP contribution in [-0.4, -0.2) is 21.2 Å². The minimum absolute atomic E-state index is 0.0256. The van der Waals surface area contributed by atoms with E-state index in [1.54, 1.807) is 12.1 Å². The van der Waals surface area contributed by atoms with E-state index < -0.39 is 0 Å².